The van der Waals surface area contributed by atoms with Gasteiger partial charge >= 0.3 is 0 Å². The van der Waals surface area contributed by atoms with Crippen LogP contribution >= 0.6 is 11.3 Å². The van der Waals surface area contributed by atoms with Crippen molar-refractivity contribution in [2.45, 2.75) is 25.4 Å². The summed E-state index contributed by atoms with van der Waals surface area (Å²) in [6, 6.07) is 12.5. The molecular weight excluding hydrogens is 322 g/mol. The van der Waals surface area contributed by atoms with Crippen LogP contribution in [0.4, 0.5) is 0 Å². The van der Waals surface area contributed by atoms with E-state index < -0.39 is 0 Å². The molecule has 0 bridgehead atoms. The molecule has 3 aromatic rings. The van der Waals surface area contributed by atoms with Crippen molar-refractivity contribution in [3.05, 3.63) is 52.5 Å². The molecule has 3 heterocycles. The molecule has 6 heteroatoms. The second kappa shape index (κ2) is 6.75. The van der Waals surface area contributed by atoms with Crippen LogP contribution in [0, 0.1) is 0 Å². The summed E-state index contributed by atoms with van der Waals surface area (Å²) in [6.45, 7) is 1.75. The van der Waals surface area contributed by atoms with E-state index in [0.717, 1.165) is 17.9 Å². The molecular formula is C18H19N3O2S. The Morgan fingerprint density at radius 2 is 2.21 bits per heavy atom. The number of para-hydroxylation sites is 1. The highest BCUT2D eigenvalue weighted by molar-refractivity contribution is 7.10. The van der Waals surface area contributed by atoms with Gasteiger partial charge in [-0.2, -0.15) is 4.98 Å². The van der Waals surface area contributed by atoms with E-state index in [4.69, 9.17) is 9.26 Å². The first-order valence-electron chi connectivity index (χ1n) is 8.08. The van der Waals surface area contributed by atoms with Gasteiger partial charge in [0.15, 0.2) is 0 Å². The van der Waals surface area contributed by atoms with Crippen LogP contribution in [0.3, 0.4) is 0 Å². The van der Waals surface area contributed by atoms with Crippen molar-refractivity contribution < 1.29 is 9.26 Å². The van der Waals surface area contributed by atoms with Gasteiger partial charge < -0.3 is 9.26 Å². The van der Waals surface area contributed by atoms with Crippen molar-refractivity contribution in [2.24, 2.45) is 0 Å². The quantitative estimate of drug-likeness (QED) is 0.698. The highest BCUT2D eigenvalue weighted by Crippen LogP contribution is 2.35. The lowest BCUT2D eigenvalue weighted by Crippen LogP contribution is -2.22. The molecule has 1 saturated heterocycles. The minimum Gasteiger partial charge on any atom is -0.496 e. The van der Waals surface area contributed by atoms with Crippen LogP contribution in [-0.2, 0) is 6.54 Å². The van der Waals surface area contributed by atoms with Crippen LogP contribution in [-0.4, -0.2) is 28.7 Å². The lowest BCUT2D eigenvalue weighted by molar-refractivity contribution is 0.214. The Kier molecular flexibility index (Phi) is 4.32. The number of benzene rings is 1. The molecule has 1 aliphatic heterocycles. The van der Waals surface area contributed by atoms with E-state index in [2.05, 4.69) is 32.6 Å². The number of nitrogens with zero attached hydrogens (tertiary/aromatic N) is 3. The Hall–Kier alpha value is -2.18. The maximum atomic E-state index is 5.49. The number of hydrogen-bond acceptors (Lipinski definition) is 6. The summed E-state index contributed by atoms with van der Waals surface area (Å²) < 4.78 is 10.9. The molecule has 124 valence electrons. The largest absolute Gasteiger partial charge is 0.496 e. The molecule has 5 nitrogen and oxygen atoms in total. The fraction of sp³-hybridized carbons (Fsp3) is 0.333. The third-order valence-corrected chi connectivity index (χ3v) is 5.36. The van der Waals surface area contributed by atoms with Crippen molar-refractivity contribution in [3.63, 3.8) is 0 Å². The van der Waals surface area contributed by atoms with E-state index in [1.165, 1.54) is 17.7 Å². The molecule has 0 N–H and O–H groups in total. The second-order valence-corrected chi connectivity index (χ2v) is 6.84. The zero-order valence-electron chi connectivity index (χ0n) is 13.5. The van der Waals surface area contributed by atoms with E-state index in [9.17, 15) is 0 Å². The predicted molar refractivity (Wildman–Crippen MR) is 93.0 cm³/mol. The summed E-state index contributed by atoms with van der Waals surface area (Å²) in [5.74, 6) is 1.98. The number of hydrogen-bond donors (Lipinski definition) is 0. The Morgan fingerprint density at radius 3 is 3.04 bits per heavy atom. The first-order chi connectivity index (χ1) is 11.8. The van der Waals surface area contributed by atoms with E-state index in [0.29, 0.717) is 24.3 Å². The molecule has 0 amide bonds. The Balaban J connectivity index is 1.53. The molecule has 1 aliphatic rings. The molecule has 4 rings (SSSR count). The van der Waals surface area contributed by atoms with Gasteiger partial charge in [-0.1, -0.05) is 23.4 Å². The molecule has 1 fully saturated rings. The highest BCUT2D eigenvalue weighted by atomic mass is 32.1. The molecule has 24 heavy (non-hydrogen) atoms. The molecule has 1 atom stereocenters. The van der Waals surface area contributed by atoms with E-state index in [1.807, 2.05) is 35.6 Å². The molecule has 2 aromatic heterocycles. The maximum absolute atomic E-state index is 5.49. The maximum Gasteiger partial charge on any atom is 0.241 e. The number of likely N-dealkylation sites (tertiary alicyclic amines) is 1. The molecule has 0 spiro atoms. The van der Waals surface area contributed by atoms with Gasteiger partial charge in [0.1, 0.15) is 5.75 Å². The summed E-state index contributed by atoms with van der Waals surface area (Å²) >= 11 is 1.82. The van der Waals surface area contributed by atoms with E-state index in [1.54, 1.807) is 7.11 Å². The number of rotatable bonds is 5. The lowest BCUT2D eigenvalue weighted by atomic mass is 10.2. The van der Waals surface area contributed by atoms with Crippen molar-refractivity contribution in [3.8, 4) is 17.1 Å². The zero-order valence-corrected chi connectivity index (χ0v) is 14.3. The summed E-state index contributed by atoms with van der Waals surface area (Å²) in [4.78, 5) is 8.41. The predicted octanol–water partition coefficient (Wildman–Crippen LogP) is 4.14. The Morgan fingerprint density at radius 1 is 1.29 bits per heavy atom. The number of ether oxygens (including phenoxy) is 1. The fourth-order valence-electron chi connectivity index (χ4n) is 3.25. The first kappa shape index (κ1) is 15.4. The summed E-state index contributed by atoms with van der Waals surface area (Å²) in [5, 5.41) is 6.27. The average Bonchev–Trinajstić information content (AvgIpc) is 3.36. The van der Waals surface area contributed by atoms with Gasteiger partial charge in [0.05, 0.1) is 19.2 Å². The molecule has 0 aliphatic carbocycles. The van der Waals surface area contributed by atoms with Crippen LogP contribution in [0.5, 0.6) is 5.75 Å². The van der Waals surface area contributed by atoms with Crippen LogP contribution in [0.25, 0.3) is 11.4 Å². The van der Waals surface area contributed by atoms with Crippen LogP contribution in [0.15, 0.2) is 46.3 Å². The van der Waals surface area contributed by atoms with Gasteiger partial charge in [-0.05, 0) is 43.0 Å². The number of methoxy groups -OCH3 is 1. The fourth-order valence-corrected chi connectivity index (χ4v) is 4.15. The van der Waals surface area contributed by atoms with Gasteiger partial charge in [-0.25, -0.2) is 0 Å². The molecule has 0 saturated carbocycles. The topological polar surface area (TPSA) is 51.4 Å². The summed E-state index contributed by atoms with van der Waals surface area (Å²) in [7, 11) is 1.65. The number of aromatic nitrogens is 2. The van der Waals surface area contributed by atoms with E-state index >= 15 is 0 Å². The minimum atomic E-state index is 0.464. The van der Waals surface area contributed by atoms with Crippen molar-refractivity contribution in [1.29, 1.82) is 0 Å². The zero-order chi connectivity index (χ0) is 16.4. The Labute approximate surface area is 144 Å². The standard InChI is InChI=1S/C18H19N3O2S/c1-22-15-8-3-2-6-13(15)18-19-17(23-20-18)12-21-10-4-7-14(21)16-9-5-11-24-16/h2-3,5-6,8-9,11,14H,4,7,10,12H2,1H3/t14-/m1/s1. The number of thiophene rings is 1. The smallest absolute Gasteiger partial charge is 0.241 e. The van der Waals surface area contributed by atoms with Gasteiger partial charge in [0, 0.05) is 10.9 Å². The molecule has 0 radical (unpaired) electrons. The van der Waals surface area contributed by atoms with Crippen molar-refractivity contribution >= 4 is 11.3 Å². The van der Waals surface area contributed by atoms with Gasteiger partial charge in [0.25, 0.3) is 0 Å². The molecule has 0 unspecified atom stereocenters. The highest BCUT2D eigenvalue weighted by Gasteiger charge is 2.28. The van der Waals surface area contributed by atoms with Gasteiger partial charge in [-0.15, -0.1) is 11.3 Å². The van der Waals surface area contributed by atoms with Crippen molar-refractivity contribution in [1.82, 2.24) is 15.0 Å². The first-order valence-corrected chi connectivity index (χ1v) is 8.96. The summed E-state index contributed by atoms with van der Waals surface area (Å²) in [5.41, 5.74) is 0.853. The third-order valence-electron chi connectivity index (χ3n) is 4.39. The van der Waals surface area contributed by atoms with Crippen molar-refractivity contribution in [2.75, 3.05) is 13.7 Å². The van der Waals surface area contributed by atoms with Crippen LogP contribution in [0.2, 0.25) is 0 Å². The Bertz CT molecular complexity index is 800. The average molecular weight is 341 g/mol. The van der Waals surface area contributed by atoms with Gasteiger partial charge in [-0.3, -0.25) is 4.90 Å². The van der Waals surface area contributed by atoms with E-state index in [-0.39, 0.29) is 0 Å². The third kappa shape index (κ3) is 2.95. The summed E-state index contributed by atoms with van der Waals surface area (Å²) in [6.07, 6.45) is 2.39. The SMILES string of the molecule is COc1ccccc1-c1noc(CN2CCC[C@@H]2c2cccs2)n1. The molecule has 1 aromatic carbocycles. The van der Waals surface area contributed by atoms with Crippen LogP contribution in [0.1, 0.15) is 29.7 Å². The monoisotopic (exact) mass is 341 g/mol. The lowest BCUT2D eigenvalue weighted by Gasteiger charge is -2.21. The second-order valence-electron chi connectivity index (χ2n) is 5.86. The minimum absolute atomic E-state index is 0.464. The normalized spacial score (nSPS) is 18.1. The van der Waals surface area contributed by atoms with Gasteiger partial charge in [0.2, 0.25) is 11.7 Å². The van der Waals surface area contributed by atoms with Crippen LogP contribution < -0.4 is 4.74 Å².